The SMILES string of the molecule is CC(=O)Nc1ccccc1C(=O)Nc1ccc(C#N)cn1. The van der Waals surface area contributed by atoms with Gasteiger partial charge in [0.15, 0.2) is 0 Å². The van der Waals surface area contributed by atoms with Crippen molar-refractivity contribution in [3.8, 4) is 6.07 Å². The van der Waals surface area contributed by atoms with Crippen molar-refractivity contribution in [2.24, 2.45) is 0 Å². The Morgan fingerprint density at radius 3 is 2.52 bits per heavy atom. The zero-order valence-electron chi connectivity index (χ0n) is 11.3. The Morgan fingerprint density at radius 2 is 1.90 bits per heavy atom. The molecule has 6 nitrogen and oxygen atoms in total. The van der Waals surface area contributed by atoms with E-state index in [0.717, 1.165) is 0 Å². The first kappa shape index (κ1) is 14.2. The monoisotopic (exact) mass is 280 g/mol. The Bertz CT molecular complexity index is 717. The molecular formula is C15H12N4O2. The molecule has 6 heteroatoms. The second kappa shape index (κ2) is 6.30. The van der Waals surface area contributed by atoms with Crippen molar-refractivity contribution < 1.29 is 9.59 Å². The van der Waals surface area contributed by atoms with Crippen LogP contribution in [0.1, 0.15) is 22.8 Å². The number of amides is 2. The first-order valence-electron chi connectivity index (χ1n) is 6.14. The van der Waals surface area contributed by atoms with Crippen LogP contribution in [0.15, 0.2) is 42.6 Å². The molecule has 2 amide bonds. The molecule has 2 rings (SSSR count). The number of hydrogen-bond acceptors (Lipinski definition) is 4. The third-order valence-electron chi connectivity index (χ3n) is 2.62. The van der Waals surface area contributed by atoms with Crippen molar-refractivity contribution in [1.82, 2.24) is 4.98 Å². The van der Waals surface area contributed by atoms with Gasteiger partial charge in [-0.1, -0.05) is 12.1 Å². The van der Waals surface area contributed by atoms with Crippen molar-refractivity contribution in [3.05, 3.63) is 53.7 Å². The number of carbonyl (C=O) groups is 2. The van der Waals surface area contributed by atoms with E-state index in [-0.39, 0.29) is 5.91 Å². The van der Waals surface area contributed by atoms with E-state index in [1.165, 1.54) is 19.2 Å². The molecule has 0 fully saturated rings. The summed E-state index contributed by atoms with van der Waals surface area (Å²) in [7, 11) is 0. The fourth-order valence-corrected chi connectivity index (χ4v) is 1.70. The van der Waals surface area contributed by atoms with Crippen LogP contribution < -0.4 is 10.6 Å². The van der Waals surface area contributed by atoms with Gasteiger partial charge in [-0.05, 0) is 24.3 Å². The number of pyridine rings is 1. The van der Waals surface area contributed by atoms with E-state index >= 15 is 0 Å². The summed E-state index contributed by atoms with van der Waals surface area (Å²) in [5.41, 5.74) is 1.17. The molecule has 0 spiro atoms. The lowest BCUT2D eigenvalue weighted by Crippen LogP contribution is -2.17. The van der Waals surface area contributed by atoms with Gasteiger partial charge in [0.05, 0.1) is 16.8 Å². The summed E-state index contributed by atoms with van der Waals surface area (Å²) < 4.78 is 0. The Kier molecular flexibility index (Phi) is 4.26. The molecule has 0 atom stereocenters. The van der Waals surface area contributed by atoms with Gasteiger partial charge in [-0.3, -0.25) is 9.59 Å². The molecule has 0 aliphatic carbocycles. The molecule has 0 aliphatic rings. The Morgan fingerprint density at radius 1 is 1.14 bits per heavy atom. The molecular weight excluding hydrogens is 268 g/mol. The number of hydrogen-bond donors (Lipinski definition) is 2. The standard InChI is InChI=1S/C15H12N4O2/c1-10(20)18-13-5-3-2-4-12(13)15(21)19-14-7-6-11(8-16)9-17-14/h2-7,9H,1H3,(H,18,20)(H,17,19,21). The van der Waals surface area contributed by atoms with Gasteiger partial charge in [-0.2, -0.15) is 5.26 Å². The summed E-state index contributed by atoms with van der Waals surface area (Å²) in [5, 5.41) is 13.9. The number of anilines is 2. The highest BCUT2D eigenvalue weighted by atomic mass is 16.2. The summed E-state index contributed by atoms with van der Waals surface area (Å²) in [6, 6.07) is 11.7. The highest BCUT2D eigenvalue weighted by Gasteiger charge is 2.12. The van der Waals surface area contributed by atoms with Crippen molar-refractivity contribution >= 4 is 23.3 Å². The van der Waals surface area contributed by atoms with Crippen molar-refractivity contribution in [2.45, 2.75) is 6.92 Å². The molecule has 2 aromatic rings. The summed E-state index contributed by atoms with van der Waals surface area (Å²) in [6.07, 6.45) is 1.37. The number of para-hydroxylation sites is 1. The first-order chi connectivity index (χ1) is 10.1. The molecule has 104 valence electrons. The molecule has 0 unspecified atom stereocenters. The lowest BCUT2D eigenvalue weighted by atomic mass is 10.1. The van der Waals surface area contributed by atoms with Gasteiger partial charge in [0, 0.05) is 13.1 Å². The van der Waals surface area contributed by atoms with Gasteiger partial charge in [0.25, 0.3) is 5.91 Å². The third-order valence-corrected chi connectivity index (χ3v) is 2.62. The fourth-order valence-electron chi connectivity index (χ4n) is 1.70. The molecule has 0 saturated heterocycles. The summed E-state index contributed by atoms with van der Waals surface area (Å²) >= 11 is 0. The average molecular weight is 280 g/mol. The highest BCUT2D eigenvalue weighted by Crippen LogP contribution is 2.16. The summed E-state index contributed by atoms with van der Waals surface area (Å²) in [5.74, 6) is -0.320. The van der Waals surface area contributed by atoms with Crippen LogP contribution in [0.2, 0.25) is 0 Å². The molecule has 2 N–H and O–H groups in total. The van der Waals surface area contributed by atoms with E-state index in [2.05, 4.69) is 15.6 Å². The number of benzene rings is 1. The van der Waals surface area contributed by atoms with E-state index in [0.29, 0.717) is 22.6 Å². The van der Waals surface area contributed by atoms with Gasteiger partial charge in [0.2, 0.25) is 5.91 Å². The van der Waals surface area contributed by atoms with Crippen LogP contribution in [0.25, 0.3) is 0 Å². The zero-order valence-corrected chi connectivity index (χ0v) is 11.3. The van der Waals surface area contributed by atoms with Crippen LogP contribution in [0.5, 0.6) is 0 Å². The van der Waals surface area contributed by atoms with E-state index < -0.39 is 5.91 Å². The minimum absolute atomic E-state index is 0.258. The van der Waals surface area contributed by atoms with E-state index in [1.807, 2.05) is 6.07 Å². The maximum absolute atomic E-state index is 12.2. The second-order valence-corrected chi connectivity index (χ2v) is 4.22. The molecule has 0 aliphatic heterocycles. The number of nitriles is 1. The van der Waals surface area contributed by atoms with E-state index in [9.17, 15) is 9.59 Å². The van der Waals surface area contributed by atoms with Crippen LogP contribution >= 0.6 is 0 Å². The predicted molar refractivity (Wildman–Crippen MR) is 77.7 cm³/mol. The lowest BCUT2D eigenvalue weighted by Gasteiger charge is -2.09. The number of nitrogens with one attached hydrogen (secondary N) is 2. The lowest BCUT2D eigenvalue weighted by molar-refractivity contribution is -0.114. The van der Waals surface area contributed by atoms with Crippen molar-refractivity contribution in [2.75, 3.05) is 10.6 Å². The quantitative estimate of drug-likeness (QED) is 0.900. The number of carbonyl (C=O) groups excluding carboxylic acids is 2. The summed E-state index contributed by atoms with van der Waals surface area (Å²) in [4.78, 5) is 27.3. The van der Waals surface area contributed by atoms with Gasteiger partial charge < -0.3 is 10.6 Å². The third kappa shape index (κ3) is 3.64. The largest absolute Gasteiger partial charge is 0.326 e. The summed E-state index contributed by atoms with van der Waals surface area (Å²) in [6.45, 7) is 1.37. The molecule has 1 aromatic carbocycles. The van der Waals surface area contributed by atoms with Crippen LogP contribution in [0, 0.1) is 11.3 Å². The van der Waals surface area contributed by atoms with Gasteiger partial charge >= 0.3 is 0 Å². The van der Waals surface area contributed by atoms with Crippen LogP contribution in [0.4, 0.5) is 11.5 Å². The van der Waals surface area contributed by atoms with Crippen molar-refractivity contribution in [3.63, 3.8) is 0 Å². The number of rotatable bonds is 3. The normalized spacial score (nSPS) is 9.52. The molecule has 0 radical (unpaired) electrons. The average Bonchev–Trinajstić information content (AvgIpc) is 2.48. The molecule has 0 bridgehead atoms. The first-order valence-corrected chi connectivity index (χ1v) is 6.14. The topological polar surface area (TPSA) is 94.9 Å². The Labute approximate surface area is 121 Å². The van der Waals surface area contributed by atoms with Gasteiger partial charge in [0.1, 0.15) is 11.9 Å². The molecule has 21 heavy (non-hydrogen) atoms. The van der Waals surface area contributed by atoms with E-state index in [1.54, 1.807) is 30.3 Å². The minimum atomic E-state index is -0.392. The van der Waals surface area contributed by atoms with Gasteiger partial charge in [-0.25, -0.2) is 4.98 Å². The van der Waals surface area contributed by atoms with E-state index in [4.69, 9.17) is 5.26 Å². The zero-order chi connectivity index (χ0) is 15.2. The second-order valence-electron chi connectivity index (χ2n) is 4.22. The Balaban J connectivity index is 2.20. The smallest absolute Gasteiger partial charge is 0.258 e. The van der Waals surface area contributed by atoms with Gasteiger partial charge in [-0.15, -0.1) is 0 Å². The minimum Gasteiger partial charge on any atom is -0.326 e. The maximum Gasteiger partial charge on any atom is 0.258 e. The van der Waals surface area contributed by atoms with Crippen LogP contribution in [-0.2, 0) is 4.79 Å². The number of aromatic nitrogens is 1. The predicted octanol–water partition coefficient (Wildman–Crippen LogP) is 2.16. The van der Waals surface area contributed by atoms with Crippen LogP contribution in [0.3, 0.4) is 0 Å². The van der Waals surface area contributed by atoms with Crippen molar-refractivity contribution in [1.29, 1.82) is 5.26 Å². The Hall–Kier alpha value is -3.20. The highest BCUT2D eigenvalue weighted by molar-refractivity contribution is 6.09. The maximum atomic E-state index is 12.2. The molecule has 0 saturated carbocycles. The fraction of sp³-hybridized carbons (Fsp3) is 0.0667. The molecule has 1 aromatic heterocycles. The number of nitrogens with zero attached hydrogens (tertiary/aromatic N) is 2. The molecule has 1 heterocycles. The van der Waals surface area contributed by atoms with Crippen LogP contribution in [-0.4, -0.2) is 16.8 Å².